The second-order valence-corrected chi connectivity index (χ2v) is 6.26. The number of carbonyl (C=O) groups excluding carboxylic acids is 2. The molecule has 7 heteroatoms. The molecule has 1 rings (SSSR count). The van der Waals surface area contributed by atoms with Crippen LogP contribution in [0.15, 0.2) is 18.2 Å². The number of benzene rings is 1. The van der Waals surface area contributed by atoms with Gasteiger partial charge in [0.25, 0.3) is 6.47 Å². The lowest BCUT2D eigenvalue weighted by Crippen LogP contribution is -2.23. The van der Waals surface area contributed by atoms with E-state index in [4.69, 9.17) is 16.7 Å². The molecule has 6 nitrogen and oxygen atoms in total. The first-order chi connectivity index (χ1) is 13.7. The van der Waals surface area contributed by atoms with Crippen molar-refractivity contribution in [3.63, 3.8) is 0 Å². The summed E-state index contributed by atoms with van der Waals surface area (Å²) < 4.78 is 4.55. The van der Waals surface area contributed by atoms with Crippen molar-refractivity contribution in [3.05, 3.63) is 34.3 Å². The third-order valence-corrected chi connectivity index (χ3v) is 3.09. The zero-order chi connectivity index (χ0) is 23.9. The van der Waals surface area contributed by atoms with Crippen molar-refractivity contribution >= 4 is 24.0 Å². The van der Waals surface area contributed by atoms with Gasteiger partial charge >= 0.3 is 0 Å². The van der Waals surface area contributed by atoms with Gasteiger partial charge in [-0.25, -0.2) is 0 Å². The Morgan fingerprint density at radius 3 is 2.10 bits per heavy atom. The monoisotopic (exact) mass is 430 g/mol. The Morgan fingerprint density at radius 1 is 1.28 bits per heavy atom. The van der Waals surface area contributed by atoms with Gasteiger partial charge in [-0.2, -0.15) is 0 Å². The van der Waals surface area contributed by atoms with Gasteiger partial charge in [0.05, 0.1) is 6.61 Å². The first-order valence-corrected chi connectivity index (χ1v) is 9.78. The van der Waals surface area contributed by atoms with Crippen molar-refractivity contribution in [1.82, 2.24) is 5.32 Å². The predicted octanol–water partition coefficient (Wildman–Crippen LogP) is 3.71. The Hall–Kier alpha value is -2.07. The van der Waals surface area contributed by atoms with E-state index in [0.717, 1.165) is 12.0 Å². The van der Waals surface area contributed by atoms with Crippen LogP contribution < -0.4 is 11.1 Å². The summed E-state index contributed by atoms with van der Waals surface area (Å²) in [6, 6.07) is 5.83. The summed E-state index contributed by atoms with van der Waals surface area (Å²) in [7, 11) is 1.50. The molecule has 0 spiro atoms. The average Bonchev–Trinajstić information content (AvgIpc) is 2.71. The maximum absolute atomic E-state index is 11.1. The quantitative estimate of drug-likeness (QED) is 0.471. The molecule has 0 heterocycles. The molecule has 168 valence electrons. The molecule has 0 aliphatic carbocycles. The molecule has 0 saturated carbocycles. The summed E-state index contributed by atoms with van der Waals surface area (Å²) in [6.07, 6.45) is 9.07. The van der Waals surface area contributed by atoms with E-state index >= 15 is 0 Å². The highest BCUT2D eigenvalue weighted by Gasteiger charge is 2.07. The van der Waals surface area contributed by atoms with Crippen molar-refractivity contribution in [2.75, 3.05) is 13.7 Å². The van der Waals surface area contributed by atoms with Crippen LogP contribution >= 0.6 is 11.6 Å². The number of nitrogens with one attached hydrogen (secondary N) is 1. The largest absolute Gasteiger partial charge is 0.462 e. The first-order valence-electron chi connectivity index (χ1n) is 9.40. The second-order valence-electron chi connectivity index (χ2n) is 5.86. The number of aryl methyl sites for hydroxylation is 1. The molecule has 29 heavy (non-hydrogen) atoms. The summed E-state index contributed by atoms with van der Waals surface area (Å²) >= 11 is 6.07. The SMILES string of the molecule is C#C.CC.CC(C)(C)OC=O.CCc1ccc(CNC(=O)CCO)c(Cl)c1.CN. The minimum atomic E-state index is -0.318. The summed E-state index contributed by atoms with van der Waals surface area (Å²) in [5.41, 5.74) is 6.25. The maximum atomic E-state index is 11.1. The van der Waals surface area contributed by atoms with Crippen molar-refractivity contribution in [2.24, 2.45) is 5.73 Å². The van der Waals surface area contributed by atoms with E-state index in [0.29, 0.717) is 18.0 Å². The van der Waals surface area contributed by atoms with Crippen LogP contribution in [0.25, 0.3) is 0 Å². The zero-order valence-corrected chi connectivity index (χ0v) is 19.7. The molecule has 0 aliphatic rings. The second kappa shape index (κ2) is 24.0. The average molecular weight is 431 g/mol. The van der Waals surface area contributed by atoms with Crippen LogP contribution in [-0.2, 0) is 27.3 Å². The lowest BCUT2D eigenvalue weighted by atomic mass is 10.1. The Morgan fingerprint density at radius 2 is 1.79 bits per heavy atom. The standard InChI is InChI=1S/C12H16ClNO2.C5H10O2.C2H6.C2H2.CH5N/c1-2-9-3-4-10(11(13)7-9)8-14-12(16)5-6-15;1-5(2,3)7-4-6;3*1-2/h3-4,7,15H,2,5-6,8H2,1H3,(H,14,16);4H,1-3H3;1-2H3;1-2H;2H2,1H3. The van der Waals surface area contributed by atoms with E-state index in [-0.39, 0.29) is 24.5 Å². The van der Waals surface area contributed by atoms with Gasteiger partial charge in [0.1, 0.15) is 5.60 Å². The van der Waals surface area contributed by atoms with E-state index in [2.05, 4.69) is 35.6 Å². The van der Waals surface area contributed by atoms with Gasteiger partial charge in [-0.3, -0.25) is 9.59 Å². The van der Waals surface area contributed by atoms with Gasteiger partial charge in [0.2, 0.25) is 5.91 Å². The van der Waals surface area contributed by atoms with E-state index in [1.54, 1.807) is 0 Å². The molecule has 0 unspecified atom stereocenters. The van der Waals surface area contributed by atoms with Gasteiger partial charge in [0, 0.05) is 18.0 Å². The van der Waals surface area contributed by atoms with Gasteiger partial charge in [-0.1, -0.05) is 44.5 Å². The molecule has 1 aromatic carbocycles. The van der Waals surface area contributed by atoms with Crippen molar-refractivity contribution in [1.29, 1.82) is 0 Å². The number of hydrogen-bond donors (Lipinski definition) is 3. The number of terminal acetylenes is 1. The molecule has 0 fully saturated rings. The normalized spacial score (nSPS) is 8.69. The number of aliphatic hydroxyl groups is 1. The number of aliphatic hydroxyl groups excluding tert-OH is 1. The Balaban J connectivity index is -0.000000202. The molecule has 1 amide bonds. The van der Waals surface area contributed by atoms with Crippen LogP contribution in [0.3, 0.4) is 0 Å². The third-order valence-electron chi connectivity index (χ3n) is 2.74. The minimum Gasteiger partial charge on any atom is -0.462 e. The van der Waals surface area contributed by atoms with E-state index in [1.807, 2.05) is 52.8 Å². The Bertz CT molecular complexity index is 541. The van der Waals surface area contributed by atoms with Gasteiger partial charge in [-0.05, 0) is 51.4 Å². The van der Waals surface area contributed by atoms with Gasteiger partial charge in [-0.15, -0.1) is 12.8 Å². The van der Waals surface area contributed by atoms with Crippen LogP contribution in [0.2, 0.25) is 5.02 Å². The van der Waals surface area contributed by atoms with E-state index in [1.165, 1.54) is 12.6 Å². The molecular weight excluding hydrogens is 392 g/mol. The van der Waals surface area contributed by atoms with Crippen molar-refractivity contribution in [3.8, 4) is 12.8 Å². The fourth-order valence-corrected chi connectivity index (χ4v) is 1.75. The molecular formula is C22H39ClN2O4. The zero-order valence-electron chi connectivity index (χ0n) is 18.9. The fraction of sp³-hybridized carbons (Fsp3) is 0.545. The predicted molar refractivity (Wildman–Crippen MR) is 123 cm³/mol. The molecule has 0 bridgehead atoms. The molecule has 0 aromatic heterocycles. The highest BCUT2D eigenvalue weighted by molar-refractivity contribution is 6.31. The summed E-state index contributed by atoms with van der Waals surface area (Å²) in [4.78, 5) is 20.7. The van der Waals surface area contributed by atoms with E-state index < -0.39 is 0 Å². The highest BCUT2D eigenvalue weighted by Crippen LogP contribution is 2.18. The molecule has 0 atom stereocenters. The van der Waals surface area contributed by atoms with Crippen molar-refractivity contribution in [2.45, 2.75) is 66.5 Å². The summed E-state index contributed by atoms with van der Waals surface area (Å²) in [5, 5.41) is 11.9. The van der Waals surface area contributed by atoms with Crippen LogP contribution in [-0.4, -0.2) is 36.7 Å². The third kappa shape index (κ3) is 23.9. The van der Waals surface area contributed by atoms with Crippen LogP contribution in [0, 0.1) is 12.8 Å². The van der Waals surface area contributed by atoms with Gasteiger partial charge in [0.15, 0.2) is 0 Å². The number of carbonyl (C=O) groups is 2. The Labute approximate surface area is 182 Å². The molecule has 0 radical (unpaired) electrons. The maximum Gasteiger partial charge on any atom is 0.293 e. The smallest absolute Gasteiger partial charge is 0.293 e. The van der Waals surface area contributed by atoms with Crippen LogP contribution in [0.1, 0.15) is 59.1 Å². The topological polar surface area (TPSA) is 102 Å². The number of amides is 1. The lowest BCUT2D eigenvalue weighted by Gasteiger charge is -2.14. The first kappa shape index (κ1) is 34.4. The number of ether oxygens (including phenoxy) is 1. The molecule has 4 N–H and O–H groups in total. The highest BCUT2D eigenvalue weighted by atomic mass is 35.5. The number of halogens is 1. The molecule has 0 aliphatic heterocycles. The van der Waals surface area contributed by atoms with Crippen LogP contribution in [0.5, 0.6) is 0 Å². The summed E-state index contributed by atoms with van der Waals surface area (Å²) in [6.45, 7) is 12.3. The minimum absolute atomic E-state index is 0.130. The van der Waals surface area contributed by atoms with Gasteiger partial charge < -0.3 is 20.9 Å². The molecule has 0 saturated heterocycles. The Kier molecular flexibility index (Phi) is 28.5. The number of hydrogen-bond acceptors (Lipinski definition) is 5. The fourth-order valence-electron chi connectivity index (χ4n) is 1.48. The number of rotatable bonds is 6. The van der Waals surface area contributed by atoms with Crippen LogP contribution in [0.4, 0.5) is 0 Å². The van der Waals surface area contributed by atoms with Crippen molar-refractivity contribution < 1.29 is 19.4 Å². The lowest BCUT2D eigenvalue weighted by molar-refractivity contribution is -0.138. The summed E-state index contributed by atoms with van der Waals surface area (Å²) in [5.74, 6) is -0.168. The van der Waals surface area contributed by atoms with E-state index in [9.17, 15) is 9.59 Å². The number of nitrogens with two attached hydrogens (primary N) is 1. The molecule has 1 aromatic rings.